The van der Waals surface area contributed by atoms with E-state index in [1.807, 2.05) is 0 Å². The van der Waals surface area contributed by atoms with Crippen LogP contribution in [0.3, 0.4) is 0 Å². The largest absolute Gasteiger partial charge is 0.401 e. The number of amides is 2. The number of H-pyrrole nitrogens is 1. The Labute approximate surface area is 260 Å². The van der Waals surface area contributed by atoms with Crippen molar-refractivity contribution in [2.24, 2.45) is 16.9 Å². The van der Waals surface area contributed by atoms with Gasteiger partial charge in [-0.1, -0.05) is 19.9 Å². The van der Waals surface area contributed by atoms with Crippen LogP contribution in [-0.2, 0) is 16.6 Å². The Morgan fingerprint density at radius 3 is 2.40 bits per heavy atom. The monoisotopic (exact) mass is 640 g/mol. The number of hydrogen-bond donors (Lipinski definition) is 5. The van der Waals surface area contributed by atoms with Crippen molar-refractivity contribution in [2.45, 2.75) is 38.1 Å². The van der Waals surface area contributed by atoms with Crippen LogP contribution in [0.2, 0.25) is 0 Å². The van der Waals surface area contributed by atoms with Gasteiger partial charge in [0.05, 0.1) is 21.7 Å². The molecule has 1 aromatic heterocycles. The molecule has 2 aromatic carbocycles. The van der Waals surface area contributed by atoms with Gasteiger partial charge in [0.25, 0.3) is 11.7 Å². The first-order valence-electron chi connectivity index (χ1n) is 14.4. The summed E-state index contributed by atoms with van der Waals surface area (Å²) in [5, 5.41) is 2.80. The number of likely N-dealkylation sites (tertiary alicyclic amines) is 1. The van der Waals surface area contributed by atoms with Crippen molar-refractivity contribution in [3.8, 4) is 0 Å². The standard InChI is InChI=1S/C31H35F2N7O4S/c1-31(2)18-40(45(43,44)22-14-20(32)13-21(33)15-22)17-24(27(31)34)28(35)38-29(41)23-8-7-19(16-39-10-3-4-11-39)12-26(23)37-30(42)25-6-5-9-36-25/h5-9,12-15,36H,3-4,10-11,16-18,34H2,1-2H3,(H,37,42)(H2,35,38,41)/p+1. The number of benzene rings is 2. The summed E-state index contributed by atoms with van der Waals surface area (Å²) in [6.07, 6.45) is 3.83. The second-order valence-corrected chi connectivity index (χ2v) is 13.9. The van der Waals surface area contributed by atoms with E-state index in [0.717, 1.165) is 47.9 Å². The summed E-state index contributed by atoms with van der Waals surface area (Å²) in [7, 11) is -4.38. The molecule has 2 aliphatic heterocycles. The molecule has 2 aliphatic rings. The average molecular weight is 641 g/mol. The number of sulfonamides is 1. The lowest BCUT2D eigenvalue weighted by Gasteiger charge is -2.38. The molecular formula is C31H36F2N7O4S+. The van der Waals surface area contributed by atoms with E-state index in [-0.39, 0.29) is 41.4 Å². The zero-order valence-electron chi connectivity index (χ0n) is 25.0. The third-order valence-electron chi connectivity index (χ3n) is 8.03. The van der Waals surface area contributed by atoms with Crippen LogP contribution in [0.5, 0.6) is 0 Å². The fourth-order valence-electron chi connectivity index (χ4n) is 5.60. The number of nitrogens with zero attached hydrogens (tertiary/aromatic N) is 2. The highest BCUT2D eigenvalue weighted by atomic mass is 32.2. The maximum atomic E-state index is 13.9. The number of carbonyl (C=O) groups excluding carboxylic acids is 2. The number of nitrogens with two attached hydrogens (primary N) is 2. The summed E-state index contributed by atoms with van der Waals surface area (Å²) < 4.78 is 55.7. The molecule has 11 nitrogen and oxygen atoms in total. The fraction of sp³-hybridized carbons (Fsp3) is 0.323. The molecule has 45 heavy (non-hydrogen) atoms. The highest BCUT2D eigenvalue weighted by molar-refractivity contribution is 7.89. The van der Waals surface area contributed by atoms with Gasteiger partial charge in [0, 0.05) is 43.0 Å². The average Bonchev–Trinajstić information content (AvgIpc) is 3.69. The van der Waals surface area contributed by atoms with Gasteiger partial charge in [-0.25, -0.2) is 27.0 Å². The Morgan fingerprint density at radius 1 is 1.07 bits per heavy atom. The molecular weight excluding hydrogens is 604 g/mol. The Balaban J connectivity index is 1.46. The highest BCUT2D eigenvalue weighted by Crippen LogP contribution is 2.34. The highest BCUT2D eigenvalue weighted by Gasteiger charge is 2.41. The molecule has 0 spiro atoms. The normalized spacial score (nSPS) is 17.9. The van der Waals surface area contributed by atoms with Crippen molar-refractivity contribution in [3.05, 3.63) is 94.5 Å². The summed E-state index contributed by atoms with van der Waals surface area (Å²) in [4.78, 5) is 33.7. The molecule has 0 radical (unpaired) electrons. The lowest BCUT2D eigenvalue weighted by Crippen LogP contribution is -2.80. The second kappa shape index (κ2) is 12.5. The van der Waals surface area contributed by atoms with E-state index in [1.54, 1.807) is 50.4 Å². The molecule has 0 saturated carbocycles. The van der Waals surface area contributed by atoms with Crippen molar-refractivity contribution in [3.63, 3.8) is 0 Å². The number of hydrogen-bond acceptors (Lipinski definition) is 6. The third-order valence-corrected chi connectivity index (χ3v) is 9.80. The van der Waals surface area contributed by atoms with E-state index in [9.17, 15) is 26.8 Å². The van der Waals surface area contributed by atoms with Crippen molar-refractivity contribution < 1.29 is 31.8 Å². The zero-order valence-corrected chi connectivity index (χ0v) is 25.8. The van der Waals surface area contributed by atoms with Crippen molar-refractivity contribution >= 4 is 33.4 Å². The SMILES string of the molecule is CC1(C)CN(S(=O)(=O)c2cc(F)cc(F)c2)CC(C(N)=[NH+]C(=O)c2ccc(CN3CCCC3)cc2NC(=O)c2ccc[nH]2)=C1N. The van der Waals surface area contributed by atoms with E-state index < -0.39 is 43.8 Å². The first kappa shape index (κ1) is 32.0. The number of halogens is 2. The van der Waals surface area contributed by atoms with E-state index in [0.29, 0.717) is 18.3 Å². The zero-order chi connectivity index (χ0) is 32.5. The van der Waals surface area contributed by atoms with E-state index >= 15 is 0 Å². The van der Waals surface area contributed by atoms with Crippen LogP contribution in [0.4, 0.5) is 14.5 Å². The lowest BCUT2D eigenvalue weighted by molar-refractivity contribution is -0.345. The van der Waals surface area contributed by atoms with Crippen LogP contribution in [0.1, 0.15) is 53.1 Å². The molecule has 1 fully saturated rings. The summed E-state index contributed by atoms with van der Waals surface area (Å²) >= 11 is 0. The molecule has 3 heterocycles. The van der Waals surface area contributed by atoms with E-state index in [1.165, 1.54) is 0 Å². The van der Waals surface area contributed by atoms with Gasteiger partial charge in [0.2, 0.25) is 10.0 Å². The maximum absolute atomic E-state index is 13.9. The minimum atomic E-state index is -4.38. The van der Waals surface area contributed by atoms with Crippen LogP contribution < -0.4 is 21.8 Å². The van der Waals surface area contributed by atoms with Crippen LogP contribution in [-0.4, -0.2) is 66.4 Å². The molecule has 2 amide bonds. The van der Waals surface area contributed by atoms with Crippen molar-refractivity contribution in [2.75, 3.05) is 31.5 Å². The predicted molar refractivity (Wildman–Crippen MR) is 164 cm³/mol. The smallest absolute Gasteiger partial charge is 0.341 e. The Bertz CT molecular complexity index is 1780. The van der Waals surface area contributed by atoms with Gasteiger partial charge in [0.15, 0.2) is 0 Å². The number of nitrogens with one attached hydrogen (secondary N) is 3. The molecule has 238 valence electrons. The Kier molecular flexibility index (Phi) is 8.92. The molecule has 0 atom stereocenters. The summed E-state index contributed by atoms with van der Waals surface area (Å²) in [5.74, 6) is -3.38. The van der Waals surface area contributed by atoms with Crippen LogP contribution in [0.25, 0.3) is 0 Å². The first-order chi connectivity index (χ1) is 21.2. The van der Waals surface area contributed by atoms with Crippen LogP contribution >= 0.6 is 0 Å². The molecule has 0 bridgehead atoms. The summed E-state index contributed by atoms with van der Waals surface area (Å²) in [6, 6.07) is 10.5. The number of carbonyl (C=O) groups is 2. The topological polar surface area (TPSA) is 169 Å². The number of rotatable bonds is 8. The molecule has 3 aromatic rings. The molecule has 0 aliphatic carbocycles. The van der Waals surface area contributed by atoms with E-state index in [2.05, 4.69) is 20.2 Å². The van der Waals surface area contributed by atoms with Crippen LogP contribution in [0, 0.1) is 17.0 Å². The minimum absolute atomic E-state index is 0.0998. The first-order valence-corrected chi connectivity index (χ1v) is 15.9. The van der Waals surface area contributed by atoms with Crippen molar-refractivity contribution in [1.29, 1.82) is 0 Å². The number of aromatic nitrogens is 1. The quantitative estimate of drug-likeness (QED) is 0.184. The maximum Gasteiger partial charge on any atom is 0.341 e. The summed E-state index contributed by atoms with van der Waals surface area (Å²) in [5.41, 5.74) is 13.8. The minimum Gasteiger partial charge on any atom is -0.401 e. The molecule has 1 saturated heterocycles. The van der Waals surface area contributed by atoms with Gasteiger partial charge in [-0.05, 0) is 67.9 Å². The fourth-order valence-corrected chi connectivity index (χ4v) is 7.21. The molecule has 14 heteroatoms. The molecule has 5 rings (SSSR count). The van der Waals surface area contributed by atoms with Crippen LogP contribution in [0.15, 0.2) is 70.9 Å². The Morgan fingerprint density at radius 2 is 1.76 bits per heavy atom. The number of aromatic amines is 1. The van der Waals surface area contributed by atoms with E-state index in [4.69, 9.17) is 11.5 Å². The van der Waals surface area contributed by atoms with Gasteiger partial charge in [-0.2, -0.15) is 4.31 Å². The third kappa shape index (κ3) is 6.97. The van der Waals surface area contributed by atoms with Gasteiger partial charge >= 0.3 is 5.91 Å². The van der Waals surface area contributed by atoms with Gasteiger partial charge in [-0.15, -0.1) is 0 Å². The molecule has 7 N–H and O–H groups in total. The van der Waals surface area contributed by atoms with Gasteiger partial charge in [0.1, 0.15) is 17.3 Å². The predicted octanol–water partition coefficient (Wildman–Crippen LogP) is 1.66. The summed E-state index contributed by atoms with van der Waals surface area (Å²) in [6.45, 7) is 5.51. The number of amidine groups is 1. The molecule has 0 unspecified atom stereocenters. The lowest BCUT2D eigenvalue weighted by atomic mass is 9.83. The number of anilines is 1. The Hall–Kier alpha value is -4.40. The second-order valence-electron chi connectivity index (χ2n) is 11.9. The van der Waals surface area contributed by atoms with Gasteiger partial charge < -0.3 is 16.0 Å². The van der Waals surface area contributed by atoms with Crippen molar-refractivity contribution in [1.82, 2.24) is 14.2 Å². The van der Waals surface area contributed by atoms with Gasteiger partial charge in [-0.3, -0.25) is 15.4 Å².